The predicted octanol–water partition coefficient (Wildman–Crippen LogP) is 3.87. The van der Waals surface area contributed by atoms with Crippen LogP contribution < -0.4 is 15.8 Å². The van der Waals surface area contributed by atoms with Crippen LogP contribution in [0.25, 0.3) is 0 Å². The number of hydrogen-bond donors (Lipinski definition) is 3. The van der Waals surface area contributed by atoms with E-state index in [2.05, 4.69) is 5.32 Å². The Morgan fingerprint density at radius 1 is 1.03 bits per heavy atom. The second-order valence-corrected chi connectivity index (χ2v) is 7.35. The summed E-state index contributed by atoms with van der Waals surface area (Å²) in [6.07, 6.45) is -0.588. The number of nitrogen functional groups attached to an aromatic ring is 1. The van der Waals surface area contributed by atoms with Gasteiger partial charge in [0.1, 0.15) is 23.2 Å². The van der Waals surface area contributed by atoms with Crippen molar-refractivity contribution in [2.24, 2.45) is 5.73 Å². The Morgan fingerprint density at radius 2 is 1.70 bits per heavy atom. The summed E-state index contributed by atoms with van der Waals surface area (Å²) in [5, 5.41) is 10.1. The lowest BCUT2D eigenvalue weighted by molar-refractivity contribution is -0.131. The molecule has 0 saturated carbocycles. The van der Waals surface area contributed by atoms with Gasteiger partial charge in [-0.05, 0) is 35.4 Å². The van der Waals surface area contributed by atoms with Crippen LogP contribution in [0.4, 0.5) is 8.78 Å². The largest absolute Gasteiger partial charge is 0.493 e. The van der Waals surface area contributed by atoms with Crippen LogP contribution >= 0.6 is 0 Å². The Hall–Kier alpha value is -3.78. The van der Waals surface area contributed by atoms with E-state index in [0.29, 0.717) is 24.3 Å². The number of amides is 1. The van der Waals surface area contributed by atoms with Crippen LogP contribution in [0.15, 0.2) is 66.7 Å². The predicted molar refractivity (Wildman–Crippen MR) is 121 cm³/mol. The minimum absolute atomic E-state index is 0.0385. The molecule has 3 aromatic rings. The second-order valence-electron chi connectivity index (χ2n) is 7.35. The van der Waals surface area contributed by atoms with Crippen LogP contribution in [-0.2, 0) is 22.5 Å². The molecule has 0 aliphatic rings. The molecule has 0 radical (unpaired) electrons. The number of amidine groups is 1. The summed E-state index contributed by atoms with van der Waals surface area (Å²) in [7, 11) is 1.33. The number of nitrogens with one attached hydrogen (secondary N) is 2. The van der Waals surface area contributed by atoms with Crippen LogP contribution in [0.3, 0.4) is 0 Å². The fourth-order valence-electron chi connectivity index (χ4n) is 3.21. The van der Waals surface area contributed by atoms with E-state index in [1.807, 2.05) is 0 Å². The normalized spacial score (nSPS) is 11.6. The molecule has 0 spiro atoms. The van der Waals surface area contributed by atoms with E-state index in [9.17, 15) is 13.6 Å². The van der Waals surface area contributed by atoms with Gasteiger partial charge in [0.15, 0.2) is 6.10 Å². The van der Waals surface area contributed by atoms with Crippen molar-refractivity contribution in [1.29, 1.82) is 5.41 Å². The Bertz CT molecular complexity index is 1100. The van der Waals surface area contributed by atoms with Crippen LogP contribution in [0.2, 0.25) is 0 Å². The van der Waals surface area contributed by atoms with Gasteiger partial charge in [-0.1, -0.05) is 36.4 Å². The molecular weight excluding hydrogens is 428 g/mol. The highest BCUT2D eigenvalue weighted by molar-refractivity contribution is 5.94. The van der Waals surface area contributed by atoms with E-state index in [1.165, 1.54) is 31.4 Å². The fraction of sp³-hybridized carbons (Fsp3) is 0.200. The summed E-state index contributed by atoms with van der Waals surface area (Å²) in [6.45, 7) is 0.504. The van der Waals surface area contributed by atoms with Crippen molar-refractivity contribution in [2.75, 3.05) is 13.7 Å². The first-order chi connectivity index (χ1) is 15.9. The molecule has 3 rings (SSSR count). The summed E-state index contributed by atoms with van der Waals surface area (Å²) in [4.78, 5) is 12.6. The van der Waals surface area contributed by atoms with Gasteiger partial charge < -0.3 is 20.5 Å². The van der Waals surface area contributed by atoms with Gasteiger partial charge in [-0.2, -0.15) is 0 Å². The van der Waals surface area contributed by atoms with Gasteiger partial charge in [-0.3, -0.25) is 10.2 Å². The number of carbonyl (C=O) groups excluding carboxylic acids is 1. The highest BCUT2D eigenvalue weighted by Gasteiger charge is 2.23. The maximum absolute atomic E-state index is 14.7. The number of halogens is 2. The fourth-order valence-corrected chi connectivity index (χ4v) is 3.21. The summed E-state index contributed by atoms with van der Waals surface area (Å²) in [5.41, 5.74) is 7.81. The molecule has 33 heavy (non-hydrogen) atoms. The quantitative estimate of drug-likeness (QED) is 0.321. The van der Waals surface area contributed by atoms with Crippen molar-refractivity contribution in [3.8, 4) is 5.75 Å². The smallest absolute Gasteiger partial charge is 0.254 e. The third kappa shape index (κ3) is 6.60. The van der Waals surface area contributed by atoms with Crippen molar-refractivity contribution < 1.29 is 23.0 Å². The standard InChI is InChI=1S/C25H25F2N3O3/c1-32-23(25(31)30-15-17-2-6-18(7-3-17)24(28)29)21-11-10-20(14-22(21)27)33-13-12-16-4-8-19(26)9-5-16/h2-11,14,23H,12-13,15H2,1H3,(H3,28,29)(H,30,31). The first kappa shape index (κ1) is 23.9. The minimum atomic E-state index is -1.13. The molecule has 0 heterocycles. The van der Waals surface area contributed by atoms with Crippen LogP contribution in [0.1, 0.15) is 28.4 Å². The molecule has 8 heteroatoms. The van der Waals surface area contributed by atoms with Gasteiger partial charge in [0, 0.05) is 37.3 Å². The molecule has 172 valence electrons. The Kier molecular flexibility index (Phi) is 8.10. The van der Waals surface area contributed by atoms with E-state index in [4.69, 9.17) is 20.6 Å². The number of carbonyl (C=O) groups is 1. The molecule has 1 amide bonds. The topological polar surface area (TPSA) is 97.4 Å². The van der Waals surface area contributed by atoms with Crippen LogP contribution in [0.5, 0.6) is 5.75 Å². The molecule has 0 fully saturated rings. The van der Waals surface area contributed by atoms with Crippen molar-refractivity contribution in [3.63, 3.8) is 0 Å². The number of nitrogens with two attached hydrogens (primary N) is 1. The average Bonchev–Trinajstić information content (AvgIpc) is 2.81. The molecule has 1 unspecified atom stereocenters. The molecule has 1 atom stereocenters. The molecule has 0 bridgehead atoms. The molecule has 0 aromatic heterocycles. The van der Waals surface area contributed by atoms with Crippen molar-refractivity contribution >= 4 is 11.7 Å². The molecule has 0 aliphatic heterocycles. The molecule has 0 aliphatic carbocycles. The van der Waals surface area contributed by atoms with Gasteiger partial charge in [0.25, 0.3) is 5.91 Å². The van der Waals surface area contributed by atoms with Gasteiger partial charge in [0.05, 0.1) is 6.61 Å². The van der Waals surface area contributed by atoms with Crippen LogP contribution in [-0.4, -0.2) is 25.5 Å². The summed E-state index contributed by atoms with van der Waals surface area (Å²) in [6, 6.07) is 17.2. The van der Waals surface area contributed by atoms with Crippen molar-refractivity contribution in [3.05, 3.63) is 101 Å². The second kappa shape index (κ2) is 11.2. The van der Waals surface area contributed by atoms with E-state index >= 15 is 0 Å². The summed E-state index contributed by atoms with van der Waals surface area (Å²) in [5.74, 6) is -1.14. The number of benzene rings is 3. The molecule has 3 aromatic carbocycles. The van der Waals surface area contributed by atoms with E-state index < -0.39 is 17.8 Å². The first-order valence-corrected chi connectivity index (χ1v) is 10.3. The van der Waals surface area contributed by atoms with Crippen molar-refractivity contribution in [1.82, 2.24) is 5.32 Å². The zero-order valence-corrected chi connectivity index (χ0v) is 18.1. The monoisotopic (exact) mass is 453 g/mol. The maximum Gasteiger partial charge on any atom is 0.254 e. The van der Waals surface area contributed by atoms with Gasteiger partial charge in [0.2, 0.25) is 0 Å². The molecular formula is C25H25F2N3O3. The highest BCUT2D eigenvalue weighted by Crippen LogP contribution is 2.25. The number of ether oxygens (including phenoxy) is 2. The number of hydrogen-bond acceptors (Lipinski definition) is 4. The summed E-state index contributed by atoms with van der Waals surface area (Å²) < 4.78 is 38.5. The van der Waals surface area contributed by atoms with E-state index in [0.717, 1.165) is 11.1 Å². The minimum Gasteiger partial charge on any atom is -0.493 e. The van der Waals surface area contributed by atoms with Crippen molar-refractivity contribution in [2.45, 2.75) is 19.1 Å². The lowest BCUT2D eigenvalue weighted by Crippen LogP contribution is -2.30. The number of rotatable bonds is 10. The molecule has 0 saturated heterocycles. The van der Waals surface area contributed by atoms with Crippen LogP contribution in [0, 0.1) is 17.0 Å². The van der Waals surface area contributed by atoms with E-state index in [1.54, 1.807) is 42.5 Å². The Labute approximate surface area is 190 Å². The molecule has 4 N–H and O–H groups in total. The maximum atomic E-state index is 14.7. The van der Waals surface area contributed by atoms with Gasteiger partial charge in [-0.15, -0.1) is 0 Å². The summed E-state index contributed by atoms with van der Waals surface area (Å²) >= 11 is 0. The third-order valence-electron chi connectivity index (χ3n) is 5.03. The lowest BCUT2D eigenvalue weighted by Gasteiger charge is -2.17. The first-order valence-electron chi connectivity index (χ1n) is 10.3. The number of methoxy groups -OCH3 is 1. The van der Waals surface area contributed by atoms with E-state index in [-0.39, 0.29) is 23.8 Å². The van der Waals surface area contributed by atoms with Gasteiger partial charge in [-0.25, -0.2) is 8.78 Å². The highest BCUT2D eigenvalue weighted by atomic mass is 19.1. The lowest BCUT2D eigenvalue weighted by atomic mass is 10.1. The molecule has 6 nitrogen and oxygen atoms in total. The Morgan fingerprint density at radius 3 is 2.30 bits per heavy atom. The zero-order chi connectivity index (χ0) is 23.8. The third-order valence-corrected chi connectivity index (χ3v) is 5.03. The SMILES string of the molecule is COC(C(=O)NCc1ccc(C(=N)N)cc1)c1ccc(OCCc2ccc(F)cc2)cc1F. The Balaban J connectivity index is 1.57. The average molecular weight is 453 g/mol. The zero-order valence-electron chi connectivity index (χ0n) is 18.1. The van der Waals surface area contributed by atoms with Gasteiger partial charge >= 0.3 is 0 Å².